The van der Waals surface area contributed by atoms with Crippen LogP contribution in [-0.2, 0) is 0 Å². The minimum atomic E-state index is -0.876. The molecule has 4 rings (SSSR count). The third-order valence-corrected chi connectivity index (χ3v) is 4.22. The minimum Gasteiger partial charge on any atom is -0.495 e. The Hall–Kier alpha value is -4.00. The van der Waals surface area contributed by atoms with Crippen molar-refractivity contribution in [3.63, 3.8) is 0 Å². The van der Waals surface area contributed by atoms with Crippen LogP contribution < -0.4 is 14.8 Å². The van der Waals surface area contributed by atoms with Crippen LogP contribution in [0, 0.1) is 5.95 Å². The Balaban J connectivity index is 1.57. The molecule has 29 heavy (non-hydrogen) atoms. The number of amides is 1. The molecule has 0 radical (unpaired) electrons. The molecule has 2 aromatic heterocycles. The highest BCUT2D eigenvalue weighted by Crippen LogP contribution is 2.30. The van der Waals surface area contributed by atoms with Crippen LogP contribution in [0.4, 0.5) is 10.1 Å². The molecular formula is C22H16FN3O3. The van der Waals surface area contributed by atoms with Gasteiger partial charge >= 0.3 is 0 Å². The number of benzene rings is 2. The summed E-state index contributed by atoms with van der Waals surface area (Å²) in [5, 5.41) is 3.52. The number of halogens is 1. The summed E-state index contributed by atoms with van der Waals surface area (Å²) in [5.74, 6) is -0.0666. The van der Waals surface area contributed by atoms with E-state index < -0.39 is 11.9 Å². The monoisotopic (exact) mass is 389 g/mol. The molecule has 6 nitrogen and oxygen atoms in total. The lowest BCUT2D eigenvalue weighted by Crippen LogP contribution is -2.14. The number of rotatable bonds is 5. The van der Waals surface area contributed by atoms with Crippen molar-refractivity contribution in [2.75, 3.05) is 12.4 Å². The Kier molecular flexibility index (Phi) is 5.03. The van der Waals surface area contributed by atoms with Gasteiger partial charge in [0.25, 0.3) is 5.91 Å². The summed E-state index contributed by atoms with van der Waals surface area (Å²) in [6.45, 7) is 0. The Bertz CT molecular complexity index is 1190. The van der Waals surface area contributed by atoms with E-state index in [1.807, 2.05) is 24.3 Å². The quantitative estimate of drug-likeness (QED) is 0.495. The van der Waals surface area contributed by atoms with Gasteiger partial charge in [0.2, 0.25) is 5.95 Å². The zero-order valence-corrected chi connectivity index (χ0v) is 15.4. The summed E-state index contributed by atoms with van der Waals surface area (Å²) >= 11 is 0. The van der Waals surface area contributed by atoms with Crippen molar-refractivity contribution in [3.05, 3.63) is 84.6 Å². The van der Waals surface area contributed by atoms with Crippen molar-refractivity contribution in [2.24, 2.45) is 0 Å². The van der Waals surface area contributed by atoms with Gasteiger partial charge in [-0.25, -0.2) is 4.98 Å². The van der Waals surface area contributed by atoms with Crippen LogP contribution in [0.1, 0.15) is 10.4 Å². The molecule has 2 aromatic carbocycles. The van der Waals surface area contributed by atoms with Crippen molar-refractivity contribution in [1.82, 2.24) is 9.97 Å². The number of pyridine rings is 2. The molecule has 4 aromatic rings. The molecule has 0 aliphatic rings. The van der Waals surface area contributed by atoms with Crippen molar-refractivity contribution < 1.29 is 18.7 Å². The molecule has 0 unspecified atom stereocenters. The molecule has 1 amide bonds. The van der Waals surface area contributed by atoms with E-state index in [0.717, 1.165) is 10.9 Å². The van der Waals surface area contributed by atoms with Gasteiger partial charge in [0.1, 0.15) is 17.2 Å². The predicted molar refractivity (Wildman–Crippen MR) is 107 cm³/mol. The van der Waals surface area contributed by atoms with Crippen LogP contribution in [0.25, 0.3) is 10.9 Å². The highest BCUT2D eigenvalue weighted by molar-refractivity contribution is 6.04. The van der Waals surface area contributed by atoms with Gasteiger partial charge in [-0.2, -0.15) is 4.39 Å². The molecule has 0 aliphatic heterocycles. The normalized spacial score (nSPS) is 10.6. The molecule has 0 atom stereocenters. The number of methoxy groups -OCH3 is 1. The molecule has 0 aliphatic carbocycles. The van der Waals surface area contributed by atoms with E-state index in [1.54, 1.807) is 36.5 Å². The minimum absolute atomic E-state index is 0.212. The number of fused-ring (bicyclic) bond motifs is 1. The molecule has 144 valence electrons. The van der Waals surface area contributed by atoms with Gasteiger partial charge in [-0.05, 0) is 36.4 Å². The molecule has 0 spiro atoms. The zero-order valence-electron chi connectivity index (χ0n) is 15.4. The van der Waals surface area contributed by atoms with Gasteiger partial charge in [0, 0.05) is 23.3 Å². The third kappa shape index (κ3) is 3.98. The second kappa shape index (κ2) is 7.93. The lowest BCUT2D eigenvalue weighted by Gasteiger charge is -2.11. The van der Waals surface area contributed by atoms with E-state index in [2.05, 4.69) is 15.3 Å². The van der Waals surface area contributed by atoms with Crippen LogP contribution in [0.2, 0.25) is 0 Å². The maximum atomic E-state index is 13.9. The number of carbonyl (C=O) groups is 1. The number of aromatic nitrogens is 2. The Morgan fingerprint density at radius 1 is 1.00 bits per heavy atom. The molecule has 0 fully saturated rings. The smallest absolute Gasteiger partial charge is 0.260 e. The average molecular weight is 389 g/mol. The molecular weight excluding hydrogens is 373 g/mol. The fraction of sp³-hybridized carbons (Fsp3) is 0.0455. The topological polar surface area (TPSA) is 73.3 Å². The maximum Gasteiger partial charge on any atom is 0.260 e. The van der Waals surface area contributed by atoms with Gasteiger partial charge in [0.15, 0.2) is 0 Å². The average Bonchev–Trinajstić information content (AvgIpc) is 2.74. The fourth-order valence-electron chi connectivity index (χ4n) is 2.82. The number of para-hydroxylation sites is 1. The molecule has 1 N–H and O–H groups in total. The first kappa shape index (κ1) is 18.4. The van der Waals surface area contributed by atoms with Crippen molar-refractivity contribution in [3.8, 4) is 17.2 Å². The van der Waals surface area contributed by atoms with Crippen LogP contribution in [0.3, 0.4) is 0 Å². The van der Waals surface area contributed by atoms with Gasteiger partial charge in [-0.3, -0.25) is 9.78 Å². The molecule has 2 heterocycles. The number of carbonyl (C=O) groups excluding carboxylic acids is 1. The van der Waals surface area contributed by atoms with Crippen molar-refractivity contribution in [1.29, 1.82) is 0 Å². The molecule has 0 saturated heterocycles. The molecule has 0 saturated carbocycles. The van der Waals surface area contributed by atoms with Gasteiger partial charge in [-0.15, -0.1) is 0 Å². The number of hydrogen-bond acceptors (Lipinski definition) is 5. The first-order valence-electron chi connectivity index (χ1n) is 8.76. The van der Waals surface area contributed by atoms with Gasteiger partial charge < -0.3 is 14.8 Å². The van der Waals surface area contributed by atoms with Crippen molar-refractivity contribution >= 4 is 22.5 Å². The number of ether oxygens (including phenoxy) is 2. The Morgan fingerprint density at radius 3 is 2.72 bits per heavy atom. The van der Waals surface area contributed by atoms with Crippen LogP contribution in [-0.4, -0.2) is 23.0 Å². The largest absolute Gasteiger partial charge is 0.495 e. The third-order valence-electron chi connectivity index (χ3n) is 4.22. The number of nitrogens with zero attached hydrogens (tertiary/aromatic N) is 2. The Labute approximate surface area is 166 Å². The summed E-state index contributed by atoms with van der Waals surface area (Å²) in [4.78, 5) is 20.3. The van der Waals surface area contributed by atoms with E-state index >= 15 is 0 Å². The highest BCUT2D eigenvalue weighted by atomic mass is 19.1. The second-order valence-corrected chi connectivity index (χ2v) is 6.12. The summed E-state index contributed by atoms with van der Waals surface area (Å²) in [6, 6.07) is 17.5. The summed E-state index contributed by atoms with van der Waals surface area (Å²) in [6.07, 6.45) is 2.88. The van der Waals surface area contributed by atoms with Gasteiger partial charge in [0.05, 0.1) is 24.4 Å². The number of hydrogen-bond donors (Lipinski definition) is 1. The van der Waals surface area contributed by atoms with Crippen LogP contribution >= 0.6 is 0 Å². The summed E-state index contributed by atoms with van der Waals surface area (Å²) in [5.41, 5.74) is 1.05. The predicted octanol–water partition coefficient (Wildman–Crippen LogP) is 4.82. The van der Waals surface area contributed by atoms with E-state index in [4.69, 9.17) is 9.47 Å². The van der Waals surface area contributed by atoms with Crippen LogP contribution in [0.5, 0.6) is 17.2 Å². The second-order valence-electron chi connectivity index (χ2n) is 6.12. The van der Waals surface area contributed by atoms with E-state index in [9.17, 15) is 9.18 Å². The van der Waals surface area contributed by atoms with Crippen LogP contribution in [0.15, 0.2) is 73.1 Å². The van der Waals surface area contributed by atoms with Crippen molar-refractivity contribution in [2.45, 2.75) is 0 Å². The van der Waals surface area contributed by atoms with E-state index in [0.29, 0.717) is 17.2 Å². The SMILES string of the molecule is COc1cnc(F)c(C(=O)Nc2cccc(Oc3ccnc4ccccc34)c2)c1. The number of nitrogens with one attached hydrogen (secondary N) is 1. The fourth-order valence-corrected chi connectivity index (χ4v) is 2.82. The number of anilines is 1. The maximum absolute atomic E-state index is 13.9. The summed E-state index contributed by atoms with van der Waals surface area (Å²) in [7, 11) is 1.42. The van der Waals surface area contributed by atoms with Gasteiger partial charge in [-0.1, -0.05) is 18.2 Å². The molecule has 0 bridgehead atoms. The lowest BCUT2D eigenvalue weighted by molar-refractivity contribution is 0.102. The first-order valence-corrected chi connectivity index (χ1v) is 8.76. The standard InChI is InChI=1S/C22H16FN3O3/c1-28-16-12-18(21(23)25-13-16)22(27)26-14-5-4-6-15(11-14)29-20-9-10-24-19-8-3-2-7-17(19)20/h2-13H,1H3,(H,26,27). The summed E-state index contributed by atoms with van der Waals surface area (Å²) < 4.78 is 24.9. The van der Waals surface area contributed by atoms with E-state index in [-0.39, 0.29) is 11.3 Å². The first-order chi connectivity index (χ1) is 14.1. The highest BCUT2D eigenvalue weighted by Gasteiger charge is 2.15. The molecule has 7 heteroatoms. The lowest BCUT2D eigenvalue weighted by atomic mass is 10.2. The zero-order chi connectivity index (χ0) is 20.2. The van der Waals surface area contributed by atoms with E-state index in [1.165, 1.54) is 19.4 Å². The Morgan fingerprint density at radius 2 is 1.86 bits per heavy atom.